The van der Waals surface area contributed by atoms with Gasteiger partial charge in [-0.3, -0.25) is 14.5 Å². The number of carbonyl (C=O) groups excluding carboxylic acids is 2. The van der Waals surface area contributed by atoms with Gasteiger partial charge in [-0.25, -0.2) is 0 Å². The number of hydrogen-bond acceptors (Lipinski definition) is 8. The van der Waals surface area contributed by atoms with Crippen LogP contribution >= 0.6 is 0 Å². The number of hydrogen-bond donors (Lipinski definition) is 2. The van der Waals surface area contributed by atoms with E-state index in [0.29, 0.717) is 38.7 Å². The zero-order valence-electron chi connectivity index (χ0n) is 23.4. The van der Waals surface area contributed by atoms with E-state index in [-0.39, 0.29) is 43.7 Å². The molecule has 0 unspecified atom stereocenters. The number of para-hydroxylation sites is 1. The first-order valence-corrected chi connectivity index (χ1v) is 14.5. The third kappa shape index (κ3) is 5.82. The summed E-state index contributed by atoms with van der Waals surface area (Å²) in [7, 11) is 0. The molecule has 2 N–H and O–H groups in total. The third-order valence-electron chi connectivity index (χ3n) is 8.35. The van der Waals surface area contributed by atoms with Crippen LogP contribution in [0.3, 0.4) is 0 Å². The summed E-state index contributed by atoms with van der Waals surface area (Å²) in [5.41, 5.74) is 4.17. The molecule has 1 fully saturated rings. The maximum absolute atomic E-state index is 13.6. The number of rotatable bonds is 15. The Labute approximate surface area is 235 Å². The number of benzene rings is 1. The number of amides is 1. The molecule has 4 heterocycles. The highest BCUT2D eigenvalue weighted by molar-refractivity contribution is 6.17. The van der Waals surface area contributed by atoms with Crippen LogP contribution in [0.2, 0.25) is 0 Å². The van der Waals surface area contributed by atoms with Crippen molar-refractivity contribution < 1.29 is 33.6 Å². The van der Waals surface area contributed by atoms with Crippen LogP contribution in [0.1, 0.15) is 43.5 Å². The van der Waals surface area contributed by atoms with Crippen LogP contribution in [0.15, 0.2) is 30.3 Å². The molecule has 0 radical (unpaired) electrons. The molecule has 0 saturated carbocycles. The van der Waals surface area contributed by atoms with Gasteiger partial charge in [-0.1, -0.05) is 25.1 Å². The van der Waals surface area contributed by atoms with Crippen LogP contribution in [-0.2, 0) is 35.0 Å². The molecule has 40 heavy (non-hydrogen) atoms. The van der Waals surface area contributed by atoms with E-state index in [2.05, 4.69) is 46.0 Å². The molecule has 3 aliphatic heterocycles. The fourth-order valence-corrected chi connectivity index (χ4v) is 6.56. The SMILES string of the molecule is CC[C@@]12C=C(C(=O)NCC(=O)OCCOCCOCCOCCO)n3c4c(c5ccccc53)CCN(CCC1)[C@H]42. The summed E-state index contributed by atoms with van der Waals surface area (Å²) in [6.45, 7) is 6.41. The van der Waals surface area contributed by atoms with Crippen molar-refractivity contribution in [3.8, 4) is 0 Å². The van der Waals surface area contributed by atoms with Crippen LogP contribution in [0.25, 0.3) is 16.6 Å². The largest absolute Gasteiger partial charge is 0.462 e. The highest BCUT2D eigenvalue weighted by atomic mass is 16.6. The van der Waals surface area contributed by atoms with Gasteiger partial charge in [0.05, 0.1) is 57.8 Å². The molecule has 10 heteroatoms. The number of carbonyl (C=O) groups is 2. The quantitative estimate of drug-likeness (QED) is 0.254. The Bertz CT molecular complexity index is 1230. The van der Waals surface area contributed by atoms with E-state index in [1.54, 1.807) is 0 Å². The van der Waals surface area contributed by atoms with Crippen molar-refractivity contribution in [2.24, 2.45) is 5.41 Å². The van der Waals surface area contributed by atoms with Gasteiger partial charge in [-0.05, 0) is 49.9 Å². The Morgan fingerprint density at radius 3 is 2.50 bits per heavy atom. The van der Waals surface area contributed by atoms with E-state index in [4.69, 9.17) is 24.1 Å². The zero-order chi connectivity index (χ0) is 28.0. The van der Waals surface area contributed by atoms with Crippen LogP contribution in [0, 0.1) is 5.41 Å². The fourth-order valence-electron chi connectivity index (χ4n) is 6.56. The van der Waals surface area contributed by atoms with E-state index in [1.165, 1.54) is 16.6 Å². The van der Waals surface area contributed by atoms with Crippen LogP contribution in [0.4, 0.5) is 0 Å². The van der Waals surface area contributed by atoms with E-state index >= 15 is 0 Å². The molecule has 1 aromatic carbocycles. The van der Waals surface area contributed by atoms with Crippen LogP contribution in [-0.4, -0.2) is 98.9 Å². The Morgan fingerprint density at radius 2 is 1.75 bits per heavy atom. The lowest BCUT2D eigenvalue weighted by Crippen LogP contribution is -2.51. The Kier molecular flexibility index (Phi) is 9.54. The van der Waals surface area contributed by atoms with Crippen LogP contribution in [0.5, 0.6) is 0 Å². The molecular weight excluding hydrogens is 514 g/mol. The minimum Gasteiger partial charge on any atom is -0.462 e. The first kappa shape index (κ1) is 28.8. The standard InChI is InChI=1S/C30H41N3O7/c1-2-30-9-5-10-32-11-8-23-22-6-3-4-7-24(22)33(27(23)28(30)32)25(20-30)29(36)31-21-26(35)40-19-18-39-17-16-38-15-14-37-13-12-34/h3-4,6-7,20,28,34H,2,5,8-19,21H2,1H3,(H,31,36)/t28-,30+/m1/s1. The average molecular weight is 556 g/mol. The summed E-state index contributed by atoms with van der Waals surface area (Å²) in [6, 6.07) is 8.61. The van der Waals surface area contributed by atoms with Crippen molar-refractivity contribution in [3.63, 3.8) is 0 Å². The lowest BCUT2D eigenvalue weighted by molar-refractivity contribution is -0.145. The Balaban J connectivity index is 1.17. The molecule has 3 aliphatic rings. The summed E-state index contributed by atoms with van der Waals surface area (Å²) < 4.78 is 23.3. The number of ether oxygens (including phenoxy) is 4. The lowest BCUT2D eigenvalue weighted by atomic mass is 9.66. The predicted molar refractivity (Wildman–Crippen MR) is 150 cm³/mol. The second-order valence-corrected chi connectivity index (χ2v) is 10.6. The highest BCUT2D eigenvalue weighted by Crippen LogP contribution is 2.56. The van der Waals surface area contributed by atoms with Crippen molar-refractivity contribution in [1.29, 1.82) is 0 Å². The first-order valence-electron chi connectivity index (χ1n) is 14.5. The molecule has 0 bridgehead atoms. The lowest BCUT2D eigenvalue weighted by Gasteiger charge is -2.53. The van der Waals surface area contributed by atoms with Crippen molar-refractivity contribution >= 4 is 28.5 Å². The van der Waals surface area contributed by atoms with Crippen LogP contribution < -0.4 is 5.32 Å². The number of piperidine rings is 1. The molecule has 218 valence electrons. The van der Waals surface area contributed by atoms with E-state index in [1.807, 2.05) is 6.07 Å². The van der Waals surface area contributed by atoms with E-state index in [9.17, 15) is 9.59 Å². The predicted octanol–water partition coefficient (Wildman–Crippen LogP) is 2.29. The minimum absolute atomic E-state index is 0.00566. The van der Waals surface area contributed by atoms with Crippen molar-refractivity contribution in [2.45, 2.75) is 38.6 Å². The number of aromatic nitrogens is 1. The van der Waals surface area contributed by atoms with Crippen molar-refractivity contribution in [2.75, 3.05) is 72.5 Å². The molecule has 5 rings (SSSR count). The van der Waals surface area contributed by atoms with Crippen molar-refractivity contribution in [3.05, 3.63) is 41.6 Å². The molecule has 10 nitrogen and oxygen atoms in total. The maximum atomic E-state index is 13.6. The number of esters is 1. The monoisotopic (exact) mass is 555 g/mol. The molecule has 1 amide bonds. The summed E-state index contributed by atoms with van der Waals surface area (Å²) >= 11 is 0. The molecule has 2 atom stereocenters. The molecule has 2 aromatic rings. The van der Waals surface area contributed by atoms with Gasteiger partial charge in [0.1, 0.15) is 18.8 Å². The molecular formula is C30H41N3O7. The number of nitrogens with zero attached hydrogens (tertiary/aromatic N) is 2. The topological polar surface area (TPSA) is 111 Å². The second-order valence-electron chi connectivity index (χ2n) is 10.6. The number of aliphatic hydroxyl groups excluding tert-OH is 1. The van der Waals surface area contributed by atoms with Gasteiger partial charge in [0.25, 0.3) is 5.91 Å². The second kappa shape index (κ2) is 13.3. The van der Waals surface area contributed by atoms with Gasteiger partial charge in [0, 0.05) is 23.0 Å². The van der Waals surface area contributed by atoms with E-state index < -0.39 is 5.97 Å². The van der Waals surface area contributed by atoms with Gasteiger partial charge in [0.2, 0.25) is 0 Å². The normalized spacial score (nSPS) is 21.6. The Hall–Kier alpha value is -2.76. The number of fused-ring (bicyclic) bond motifs is 3. The Morgan fingerprint density at radius 1 is 1.02 bits per heavy atom. The maximum Gasteiger partial charge on any atom is 0.325 e. The van der Waals surface area contributed by atoms with E-state index in [0.717, 1.165) is 44.3 Å². The fraction of sp³-hybridized carbons (Fsp3) is 0.600. The molecule has 0 aliphatic carbocycles. The highest BCUT2D eigenvalue weighted by Gasteiger charge is 2.51. The zero-order valence-corrected chi connectivity index (χ0v) is 23.4. The minimum atomic E-state index is -0.503. The third-order valence-corrected chi connectivity index (χ3v) is 8.35. The average Bonchev–Trinajstić information content (AvgIpc) is 3.32. The molecule has 1 saturated heterocycles. The summed E-state index contributed by atoms with van der Waals surface area (Å²) in [4.78, 5) is 28.6. The smallest absolute Gasteiger partial charge is 0.325 e. The van der Waals surface area contributed by atoms with Crippen molar-refractivity contribution in [1.82, 2.24) is 14.8 Å². The van der Waals surface area contributed by atoms with Gasteiger partial charge in [-0.15, -0.1) is 0 Å². The summed E-state index contributed by atoms with van der Waals surface area (Å²) in [5.74, 6) is -0.761. The molecule has 1 aromatic heterocycles. The van der Waals surface area contributed by atoms with Gasteiger partial charge < -0.3 is 33.9 Å². The molecule has 0 spiro atoms. The van der Waals surface area contributed by atoms with Gasteiger partial charge in [-0.2, -0.15) is 0 Å². The number of aliphatic hydroxyl groups is 1. The van der Waals surface area contributed by atoms with Gasteiger partial charge >= 0.3 is 5.97 Å². The summed E-state index contributed by atoms with van der Waals surface area (Å²) in [5, 5.41) is 12.7. The number of nitrogens with one attached hydrogen (secondary N) is 1. The van der Waals surface area contributed by atoms with Gasteiger partial charge in [0.15, 0.2) is 0 Å². The first-order chi connectivity index (χ1) is 19.6. The summed E-state index contributed by atoms with van der Waals surface area (Å²) in [6.07, 6.45) is 6.29.